The molecular weight excluding hydrogens is 495 g/mol. The minimum Gasteiger partial charge on any atom is -0.507 e. The fraction of sp³-hybridized carbons (Fsp3) is 0.370. The number of para-hydroxylation sites is 1. The predicted molar refractivity (Wildman–Crippen MR) is 145 cm³/mol. The lowest BCUT2D eigenvalue weighted by atomic mass is 10.0. The van der Waals surface area contributed by atoms with Gasteiger partial charge in [0.2, 0.25) is 11.9 Å². The Morgan fingerprint density at radius 3 is 2.57 bits per heavy atom. The van der Waals surface area contributed by atoms with Crippen molar-refractivity contribution in [2.24, 2.45) is 0 Å². The highest BCUT2D eigenvalue weighted by Gasteiger charge is 2.34. The Hall–Kier alpha value is -3.43. The van der Waals surface area contributed by atoms with E-state index in [1.54, 1.807) is 29.2 Å². The number of carbonyl (C=O) groups is 1. The van der Waals surface area contributed by atoms with Gasteiger partial charge in [-0.25, -0.2) is 9.37 Å². The van der Waals surface area contributed by atoms with Gasteiger partial charge in [-0.1, -0.05) is 36.4 Å². The van der Waals surface area contributed by atoms with Crippen LogP contribution in [0.25, 0.3) is 22.0 Å². The standard InChI is InChI=1S/C27H30ClFN6O2/c1-5-22(37)35-11-10-33(13-16(35)2)26-19-12-20(28)23(18-8-6-7-9-21(18)36)24(29)25(19)30-27(31-26)34-14-17(15-34)32(3)4/h5-9,12,16-17,36H,1,10-11,13-15H2,2-4H3. The molecule has 5 rings (SSSR count). The summed E-state index contributed by atoms with van der Waals surface area (Å²) in [6, 6.07) is 8.47. The number of phenols is 1. The van der Waals surface area contributed by atoms with Crippen LogP contribution >= 0.6 is 11.6 Å². The average molecular weight is 525 g/mol. The Morgan fingerprint density at radius 2 is 1.92 bits per heavy atom. The molecule has 1 unspecified atom stereocenters. The van der Waals surface area contributed by atoms with Crippen molar-refractivity contribution in [3.63, 3.8) is 0 Å². The number of hydrogen-bond acceptors (Lipinski definition) is 7. The van der Waals surface area contributed by atoms with E-state index in [1.165, 1.54) is 12.1 Å². The normalized spacial score (nSPS) is 18.4. The van der Waals surface area contributed by atoms with Gasteiger partial charge in [0.15, 0.2) is 5.82 Å². The van der Waals surface area contributed by atoms with Crippen LogP contribution in [-0.2, 0) is 4.79 Å². The van der Waals surface area contributed by atoms with Crippen LogP contribution in [0.15, 0.2) is 43.0 Å². The van der Waals surface area contributed by atoms with Crippen LogP contribution in [0.3, 0.4) is 0 Å². The van der Waals surface area contributed by atoms with Crippen molar-refractivity contribution in [2.45, 2.75) is 19.0 Å². The number of benzene rings is 2. The third-order valence-corrected chi connectivity index (χ3v) is 7.58. The van der Waals surface area contributed by atoms with Crippen molar-refractivity contribution >= 4 is 40.2 Å². The molecule has 1 amide bonds. The number of fused-ring (bicyclic) bond motifs is 1. The molecule has 2 aliphatic heterocycles. The van der Waals surface area contributed by atoms with Crippen molar-refractivity contribution < 1.29 is 14.3 Å². The molecule has 2 fully saturated rings. The summed E-state index contributed by atoms with van der Waals surface area (Å²) in [4.78, 5) is 29.8. The lowest BCUT2D eigenvalue weighted by Crippen LogP contribution is -2.58. The highest BCUT2D eigenvalue weighted by molar-refractivity contribution is 6.34. The van der Waals surface area contributed by atoms with Crippen LogP contribution in [0.4, 0.5) is 16.2 Å². The highest BCUT2D eigenvalue weighted by atomic mass is 35.5. The lowest BCUT2D eigenvalue weighted by Gasteiger charge is -2.43. The van der Waals surface area contributed by atoms with Crippen molar-refractivity contribution in [3.05, 3.63) is 53.8 Å². The number of rotatable bonds is 5. The molecule has 1 N–H and O–H groups in total. The van der Waals surface area contributed by atoms with Crippen LogP contribution in [0.2, 0.25) is 5.02 Å². The first-order chi connectivity index (χ1) is 17.7. The fourth-order valence-electron chi connectivity index (χ4n) is 5.02. The van der Waals surface area contributed by atoms with Crippen molar-refractivity contribution in [1.82, 2.24) is 19.8 Å². The fourth-order valence-corrected chi connectivity index (χ4v) is 5.32. The van der Waals surface area contributed by atoms with E-state index < -0.39 is 5.82 Å². The number of aromatic hydroxyl groups is 1. The van der Waals surface area contributed by atoms with Gasteiger partial charge in [-0.05, 0) is 39.2 Å². The number of halogens is 2. The summed E-state index contributed by atoms with van der Waals surface area (Å²) in [7, 11) is 4.06. The van der Waals surface area contributed by atoms with Gasteiger partial charge >= 0.3 is 0 Å². The topological polar surface area (TPSA) is 76.0 Å². The predicted octanol–water partition coefficient (Wildman–Crippen LogP) is 3.77. The van der Waals surface area contributed by atoms with Crippen LogP contribution < -0.4 is 9.80 Å². The minimum atomic E-state index is -0.605. The Labute approximate surface area is 220 Å². The van der Waals surface area contributed by atoms with E-state index in [0.29, 0.717) is 48.4 Å². The Kier molecular flexibility index (Phi) is 6.68. The molecular formula is C27H30ClFN6O2. The molecule has 0 saturated carbocycles. The number of carbonyl (C=O) groups excluding carboxylic acids is 1. The molecule has 8 nitrogen and oxygen atoms in total. The molecule has 1 atom stereocenters. The third-order valence-electron chi connectivity index (χ3n) is 7.28. The summed E-state index contributed by atoms with van der Waals surface area (Å²) in [5, 5.41) is 11.1. The van der Waals surface area contributed by atoms with E-state index in [4.69, 9.17) is 16.6 Å². The number of amides is 1. The maximum atomic E-state index is 16.2. The molecule has 1 aromatic heterocycles. The largest absolute Gasteiger partial charge is 0.507 e. The van der Waals surface area contributed by atoms with Crippen LogP contribution in [-0.4, -0.2) is 89.7 Å². The number of hydrogen-bond donors (Lipinski definition) is 1. The maximum Gasteiger partial charge on any atom is 0.246 e. The van der Waals surface area contributed by atoms with Crippen LogP contribution in [0, 0.1) is 5.82 Å². The average Bonchev–Trinajstić information content (AvgIpc) is 2.83. The summed E-state index contributed by atoms with van der Waals surface area (Å²) in [5.41, 5.74) is 0.552. The molecule has 2 aliphatic rings. The summed E-state index contributed by atoms with van der Waals surface area (Å²) in [5.74, 6) is 0.243. The number of aromatic nitrogens is 2. The van der Waals surface area contributed by atoms with Gasteiger partial charge in [-0.3, -0.25) is 4.79 Å². The molecule has 2 aromatic carbocycles. The second-order valence-electron chi connectivity index (χ2n) is 9.86. The summed E-state index contributed by atoms with van der Waals surface area (Å²) in [6.45, 7) is 8.58. The van der Waals surface area contributed by atoms with E-state index in [9.17, 15) is 9.90 Å². The number of nitrogens with zero attached hydrogens (tertiary/aromatic N) is 6. The van der Waals surface area contributed by atoms with E-state index >= 15 is 4.39 Å². The zero-order valence-corrected chi connectivity index (χ0v) is 21.9. The molecule has 0 bridgehead atoms. The quantitative estimate of drug-likeness (QED) is 0.509. The first-order valence-corrected chi connectivity index (χ1v) is 12.6. The first-order valence-electron chi connectivity index (χ1n) is 12.3. The number of likely N-dealkylation sites (N-methyl/N-ethyl adjacent to an activating group) is 1. The summed E-state index contributed by atoms with van der Waals surface area (Å²) >= 11 is 6.63. The Morgan fingerprint density at radius 1 is 1.19 bits per heavy atom. The second kappa shape index (κ2) is 9.79. The smallest absolute Gasteiger partial charge is 0.246 e. The molecule has 194 valence electrons. The zero-order chi connectivity index (χ0) is 26.4. The van der Waals surface area contributed by atoms with Crippen LogP contribution in [0.1, 0.15) is 6.92 Å². The van der Waals surface area contributed by atoms with E-state index in [0.717, 1.165) is 13.1 Å². The Bertz CT molecular complexity index is 1380. The minimum absolute atomic E-state index is 0.0643. The molecule has 0 aliphatic carbocycles. The summed E-state index contributed by atoms with van der Waals surface area (Å²) < 4.78 is 16.2. The van der Waals surface area contributed by atoms with Crippen molar-refractivity contribution in [1.29, 1.82) is 0 Å². The third kappa shape index (κ3) is 4.46. The summed E-state index contributed by atoms with van der Waals surface area (Å²) in [6.07, 6.45) is 1.32. The highest BCUT2D eigenvalue weighted by Crippen LogP contribution is 2.42. The molecule has 2 saturated heterocycles. The van der Waals surface area contributed by atoms with Gasteiger partial charge in [0.1, 0.15) is 17.1 Å². The van der Waals surface area contributed by atoms with E-state index in [2.05, 4.69) is 21.4 Å². The molecule has 0 spiro atoms. The van der Waals surface area contributed by atoms with E-state index in [-0.39, 0.29) is 33.8 Å². The number of anilines is 2. The SMILES string of the molecule is C=CC(=O)N1CCN(c2nc(N3CC(N(C)C)C3)nc3c(F)c(-c4ccccc4O)c(Cl)cc23)CC1C. The van der Waals surface area contributed by atoms with Gasteiger partial charge < -0.3 is 24.7 Å². The molecule has 10 heteroatoms. The number of phenolic OH excluding ortho intramolecular Hbond substituents is 1. The number of piperazine rings is 1. The molecule has 37 heavy (non-hydrogen) atoms. The van der Waals surface area contributed by atoms with Crippen molar-refractivity contribution in [2.75, 3.05) is 56.6 Å². The monoisotopic (exact) mass is 524 g/mol. The van der Waals surface area contributed by atoms with Gasteiger partial charge in [-0.2, -0.15) is 4.98 Å². The molecule has 3 aromatic rings. The zero-order valence-electron chi connectivity index (χ0n) is 21.2. The molecule has 3 heterocycles. The first kappa shape index (κ1) is 25.2. The van der Waals surface area contributed by atoms with Gasteiger partial charge in [0.05, 0.1) is 5.02 Å². The maximum absolute atomic E-state index is 16.2. The lowest BCUT2D eigenvalue weighted by molar-refractivity contribution is -0.128. The van der Waals surface area contributed by atoms with Crippen LogP contribution in [0.5, 0.6) is 5.75 Å². The van der Waals surface area contributed by atoms with Gasteiger partial charge in [0, 0.05) is 61.3 Å². The van der Waals surface area contributed by atoms with Gasteiger partial charge in [0.25, 0.3) is 0 Å². The molecule has 0 radical (unpaired) electrons. The second-order valence-corrected chi connectivity index (χ2v) is 10.3. The van der Waals surface area contributed by atoms with Crippen molar-refractivity contribution in [3.8, 4) is 16.9 Å². The van der Waals surface area contributed by atoms with E-state index in [1.807, 2.05) is 25.9 Å². The van der Waals surface area contributed by atoms with Gasteiger partial charge in [-0.15, -0.1) is 0 Å². The Balaban J connectivity index is 1.63.